The van der Waals surface area contributed by atoms with Crippen LogP contribution in [0.3, 0.4) is 0 Å². The first-order valence-corrected chi connectivity index (χ1v) is 5.58. The highest BCUT2D eigenvalue weighted by atomic mass is 35.5. The number of fused-ring (bicyclic) bond motifs is 1. The fourth-order valence-corrected chi connectivity index (χ4v) is 1.78. The van der Waals surface area contributed by atoms with Crippen LogP contribution in [0.4, 0.5) is 17.2 Å². The number of nitrogens with two attached hydrogens (primary N) is 1. The Morgan fingerprint density at radius 2 is 2.22 bits per heavy atom. The van der Waals surface area contributed by atoms with Gasteiger partial charge in [0.15, 0.2) is 5.82 Å². The van der Waals surface area contributed by atoms with Crippen molar-refractivity contribution >= 4 is 34.4 Å². The molecule has 0 aliphatic heterocycles. The van der Waals surface area contributed by atoms with Gasteiger partial charge in [-0.1, -0.05) is 11.6 Å². The minimum Gasteiger partial charge on any atom is -0.399 e. The van der Waals surface area contributed by atoms with Gasteiger partial charge in [0.25, 0.3) is 0 Å². The van der Waals surface area contributed by atoms with Crippen molar-refractivity contribution in [3.8, 4) is 0 Å². The van der Waals surface area contributed by atoms with Gasteiger partial charge in [0.05, 0.1) is 10.7 Å². The Morgan fingerprint density at radius 3 is 3.11 bits per heavy atom. The van der Waals surface area contributed by atoms with Gasteiger partial charge in [0.1, 0.15) is 6.33 Å². The number of benzene rings is 1. The molecule has 2 aromatic heterocycles. The van der Waals surface area contributed by atoms with Crippen molar-refractivity contribution in [1.29, 1.82) is 0 Å². The zero-order valence-electron chi connectivity index (χ0n) is 9.21. The van der Waals surface area contributed by atoms with Crippen LogP contribution in [0.15, 0.2) is 36.9 Å². The summed E-state index contributed by atoms with van der Waals surface area (Å²) < 4.78 is 1.76. The highest BCUT2D eigenvalue weighted by Crippen LogP contribution is 2.27. The Bertz CT molecular complexity index is 708. The van der Waals surface area contributed by atoms with E-state index in [9.17, 15) is 0 Å². The molecule has 0 saturated heterocycles. The fourth-order valence-electron chi connectivity index (χ4n) is 1.61. The van der Waals surface area contributed by atoms with Gasteiger partial charge in [-0.15, -0.1) is 10.2 Å². The van der Waals surface area contributed by atoms with Crippen LogP contribution in [-0.2, 0) is 0 Å². The number of rotatable bonds is 2. The van der Waals surface area contributed by atoms with Crippen LogP contribution in [0.2, 0.25) is 5.02 Å². The van der Waals surface area contributed by atoms with Gasteiger partial charge in [0.2, 0.25) is 5.65 Å². The summed E-state index contributed by atoms with van der Waals surface area (Å²) in [4.78, 5) is 4.21. The third-order valence-electron chi connectivity index (χ3n) is 2.46. The first-order chi connectivity index (χ1) is 8.74. The molecule has 0 atom stereocenters. The lowest BCUT2D eigenvalue weighted by Gasteiger charge is -2.08. The molecule has 0 bridgehead atoms. The van der Waals surface area contributed by atoms with Gasteiger partial charge in [-0.3, -0.25) is 4.40 Å². The van der Waals surface area contributed by atoms with E-state index in [1.165, 1.54) is 0 Å². The maximum atomic E-state index is 6.08. The van der Waals surface area contributed by atoms with Crippen LogP contribution in [-0.4, -0.2) is 19.6 Å². The molecule has 3 N–H and O–H groups in total. The van der Waals surface area contributed by atoms with E-state index in [0.717, 1.165) is 0 Å². The summed E-state index contributed by atoms with van der Waals surface area (Å²) in [5.74, 6) is 0.572. The van der Waals surface area contributed by atoms with Gasteiger partial charge in [-0.2, -0.15) is 0 Å². The average molecular weight is 261 g/mol. The molecule has 18 heavy (non-hydrogen) atoms. The van der Waals surface area contributed by atoms with E-state index >= 15 is 0 Å². The third kappa shape index (κ3) is 1.82. The molecule has 0 fully saturated rings. The summed E-state index contributed by atoms with van der Waals surface area (Å²) in [6.07, 6.45) is 5.02. The predicted octanol–water partition coefficient (Wildman–Crippen LogP) is 2.10. The highest BCUT2D eigenvalue weighted by molar-refractivity contribution is 6.33. The first-order valence-electron chi connectivity index (χ1n) is 5.20. The number of halogens is 1. The normalized spacial score (nSPS) is 10.7. The standard InChI is InChI=1S/C11H9ClN6/c12-8-2-1-7(13)5-9(8)16-10-11-17-15-6-18(11)4-3-14-10/h1-6H,13H2,(H,14,16). The second-order valence-electron chi connectivity index (χ2n) is 3.70. The second-order valence-corrected chi connectivity index (χ2v) is 4.11. The van der Waals surface area contributed by atoms with E-state index in [2.05, 4.69) is 20.5 Å². The SMILES string of the molecule is Nc1ccc(Cl)c(Nc2nccn3cnnc23)c1. The van der Waals surface area contributed by atoms with Crippen LogP contribution < -0.4 is 11.1 Å². The van der Waals surface area contributed by atoms with Crippen molar-refractivity contribution in [2.24, 2.45) is 0 Å². The van der Waals surface area contributed by atoms with Crippen LogP contribution in [0.5, 0.6) is 0 Å². The number of nitrogens with zero attached hydrogens (tertiary/aromatic N) is 4. The number of nitrogens with one attached hydrogen (secondary N) is 1. The van der Waals surface area contributed by atoms with Crippen molar-refractivity contribution in [2.75, 3.05) is 11.1 Å². The van der Waals surface area contributed by atoms with E-state index in [1.807, 2.05) is 0 Å². The van der Waals surface area contributed by atoms with Crippen molar-refractivity contribution in [2.45, 2.75) is 0 Å². The van der Waals surface area contributed by atoms with Crippen molar-refractivity contribution < 1.29 is 0 Å². The fraction of sp³-hybridized carbons (Fsp3) is 0. The summed E-state index contributed by atoms with van der Waals surface area (Å²) in [6, 6.07) is 5.20. The number of hydrogen-bond acceptors (Lipinski definition) is 5. The molecule has 7 heteroatoms. The second kappa shape index (κ2) is 4.15. The molecule has 1 aromatic carbocycles. The summed E-state index contributed by atoms with van der Waals surface area (Å²) in [6.45, 7) is 0. The lowest BCUT2D eigenvalue weighted by Crippen LogP contribution is -1.99. The molecular formula is C11H9ClN6. The van der Waals surface area contributed by atoms with Crippen molar-refractivity contribution in [1.82, 2.24) is 19.6 Å². The summed E-state index contributed by atoms with van der Waals surface area (Å²) in [5, 5.41) is 11.5. The molecule has 0 saturated carbocycles. The zero-order valence-corrected chi connectivity index (χ0v) is 9.96. The first kappa shape index (κ1) is 10.8. The molecule has 0 radical (unpaired) electrons. The van der Waals surface area contributed by atoms with E-state index < -0.39 is 0 Å². The topological polar surface area (TPSA) is 81.1 Å². The lowest BCUT2D eigenvalue weighted by atomic mass is 10.3. The minimum atomic E-state index is 0.563. The number of anilines is 3. The van der Waals surface area contributed by atoms with Crippen LogP contribution in [0.25, 0.3) is 5.65 Å². The van der Waals surface area contributed by atoms with Crippen LogP contribution in [0, 0.1) is 0 Å². The largest absolute Gasteiger partial charge is 0.399 e. The Hall–Kier alpha value is -2.34. The smallest absolute Gasteiger partial charge is 0.203 e. The molecule has 0 spiro atoms. The minimum absolute atomic E-state index is 0.563. The third-order valence-corrected chi connectivity index (χ3v) is 2.79. The molecule has 6 nitrogen and oxygen atoms in total. The zero-order chi connectivity index (χ0) is 12.5. The monoisotopic (exact) mass is 260 g/mol. The Balaban J connectivity index is 2.06. The molecule has 2 heterocycles. The van der Waals surface area contributed by atoms with E-state index in [-0.39, 0.29) is 0 Å². The average Bonchev–Trinajstić information content (AvgIpc) is 2.83. The number of nitrogen functional groups attached to an aromatic ring is 1. The van der Waals surface area contributed by atoms with Crippen molar-refractivity contribution in [3.63, 3.8) is 0 Å². The van der Waals surface area contributed by atoms with Crippen LogP contribution in [0.1, 0.15) is 0 Å². The molecule has 0 aliphatic rings. The number of hydrogen-bond donors (Lipinski definition) is 2. The molecule has 3 aromatic rings. The maximum absolute atomic E-state index is 6.08. The van der Waals surface area contributed by atoms with E-state index in [4.69, 9.17) is 17.3 Å². The van der Waals surface area contributed by atoms with E-state index in [0.29, 0.717) is 27.9 Å². The Labute approximate surface area is 107 Å². The van der Waals surface area contributed by atoms with Gasteiger partial charge in [0, 0.05) is 18.1 Å². The highest BCUT2D eigenvalue weighted by Gasteiger charge is 2.07. The molecular weight excluding hydrogens is 252 g/mol. The molecule has 0 aliphatic carbocycles. The molecule has 90 valence electrons. The van der Waals surface area contributed by atoms with Crippen molar-refractivity contribution in [3.05, 3.63) is 41.9 Å². The van der Waals surface area contributed by atoms with Gasteiger partial charge in [-0.05, 0) is 18.2 Å². The van der Waals surface area contributed by atoms with Gasteiger partial charge >= 0.3 is 0 Å². The summed E-state index contributed by atoms with van der Waals surface area (Å²) in [7, 11) is 0. The Kier molecular flexibility index (Phi) is 2.49. The predicted molar refractivity (Wildman–Crippen MR) is 69.9 cm³/mol. The molecule has 0 amide bonds. The van der Waals surface area contributed by atoms with Gasteiger partial charge < -0.3 is 11.1 Å². The molecule has 3 rings (SSSR count). The quantitative estimate of drug-likeness (QED) is 0.690. The maximum Gasteiger partial charge on any atom is 0.203 e. The summed E-state index contributed by atoms with van der Waals surface area (Å²) >= 11 is 6.08. The molecule has 0 unspecified atom stereocenters. The number of aromatic nitrogens is 4. The van der Waals surface area contributed by atoms with Crippen LogP contribution >= 0.6 is 11.6 Å². The lowest BCUT2D eigenvalue weighted by molar-refractivity contribution is 1.10. The summed E-state index contributed by atoms with van der Waals surface area (Å²) in [5.41, 5.74) is 7.64. The van der Waals surface area contributed by atoms with Gasteiger partial charge in [-0.25, -0.2) is 4.98 Å². The van der Waals surface area contributed by atoms with E-state index in [1.54, 1.807) is 41.3 Å². The Morgan fingerprint density at radius 1 is 1.33 bits per heavy atom.